The molecular weight excluding hydrogens is 390 g/mol. The van der Waals surface area contributed by atoms with Crippen molar-refractivity contribution in [2.75, 3.05) is 5.32 Å². The van der Waals surface area contributed by atoms with Crippen molar-refractivity contribution in [2.24, 2.45) is 5.92 Å². The van der Waals surface area contributed by atoms with Crippen molar-refractivity contribution >= 4 is 21.4 Å². The summed E-state index contributed by atoms with van der Waals surface area (Å²) < 4.78 is 27.8. The number of hydrogen-bond acceptors (Lipinski definition) is 5. The minimum Gasteiger partial charge on any atom is -0.378 e. The summed E-state index contributed by atoms with van der Waals surface area (Å²) in [5, 5.41) is 14.7. The third-order valence-electron chi connectivity index (χ3n) is 5.48. The highest BCUT2D eigenvalue weighted by Gasteiger charge is 2.38. The Hall–Kier alpha value is -2.71. The fraction of sp³-hybridized carbons (Fsp3) is 0.333. The molecule has 1 aliphatic carbocycles. The van der Waals surface area contributed by atoms with Crippen LogP contribution < -0.4 is 10.0 Å². The molecule has 1 aliphatic heterocycles. The largest absolute Gasteiger partial charge is 0.378 e. The Morgan fingerprint density at radius 3 is 2.72 bits per heavy atom. The number of fused-ring (bicyclic) bond motifs is 3. The quantitative estimate of drug-likeness (QED) is 0.436. The Morgan fingerprint density at radius 2 is 2.00 bits per heavy atom. The Morgan fingerprint density at radius 1 is 1.21 bits per heavy atom. The van der Waals surface area contributed by atoms with Crippen LogP contribution in [0.3, 0.4) is 0 Å². The number of sulfonamides is 1. The van der Waals surface area contributed by atoms with Gasteiger partial charge in [0.2, 0.25) is 10.0 Å². The summed E-state index contributed by atoms with van der Waals surface area (Å²) in [4.78, 5) is 11.0. The Kier molecular flexibility index (Phi) is 4.92. The molecule has 2 aromatic rings. The van der Waals surface area contributed by atoms with E-state index in [2.05, 4.69) is 22.2 Å². The minimum absolute atomic E-state index is 0.0599. The zero-order chi connectivity index (χ0) is 20.8. The van der Waals surface area contributed by atoms with Crippen molar-refractivity contribution in [2.45, 2.75) is 43.2 Å². The van der Waals surface area contributed by atoms with E-state index >= 15 is 0 Å². The summed E-state index contributed by atoms with van der Waals surface area (Å²) >= 11 is 0. The monoisotopic (exact) mass is 413 g/mol. The summed E-state index contributed by atoms with van der Waals surface area (Å²) in [6, 6.07) is 11.6. The number of rotatable bonds is 5. The van der Waals surface area contributed by atoms with E-state index in [1.165, 1.54) is 6.07 Å². The zero-order valence-electron chi connectivity index (χ0n) is 16.2. The molecule has 0 fully saturated rings. The van der Waals surface area contributed by atoms with Crippen molar-refractivity contribution in [3.05, 3.63) is 75.9 Å². The predicted molar refractivity (Wildman–Crippen MR) is 111 cm³/mol. The fourth-order valence-corrected chi connectivity index (χ4v) is 5.57. The number of non-ortho nitro benzene ring substituents is 1. The molecule has 0 radical (unpaired) electrons. The molecule has 2 N–H and O–H groups in total. The molecule has 8 heteroatoms. The van der Waals surface area contributed by atoms with Gasteiger partial charge in [-0.05, 0) is 55.5 Å². The van der Waals surface area contributed by atoms with Crippen LogP contribution in [0, 0.1) is 16.0 Å². The van der Waals surface area contributed by atoms with E-state index in [0.717, 1.165) is 23.2 Å². The van der Waals surface area contributed by atoms with Gasteiger partial charge in [0.1, 0.15) is 0 Å². The van der Waals surface area contributed by atoms with Crippen molar-refractivity contribution in [1.82, 2.24) is 4.72 Å². The molecule has 0 aromatic heterocycles. The van der Waals surface area contributed by atoms with Gasteiger partial charge >= 0.3 is 0 Å². The second kappa shape index (κ2) is 7.27. The molecule has 2 aromatic carbocycles. The molecule has 0 bridgehead atoms. The van der Waals surface area contributed by atoms with Crippen molar-refractivity contribution in [3.63, 3.8) is 0 Å². The molecule has 3 atom stereocenters. The van der Waals surface area contributed by atoms with Crippen LogP contribution in [0.5, 0.6) is 0 Å². The van der Waals surface area contributed by atoms with Crippen molar-refractivity contribution in [1.29, 1.82) is 0 Å². The standard InChI is InChI=1S/C21H23N3O4S/c1-13(2)23-29(27,28)16-9-10-20-19(12-16)17-7-4-8-18(17)21(22-20)14-5-3-6-15(11-14)24(25)26/h3-7,9-13,17-18,21-23H,8H2,1-2H3. The van der Waals surface area contributed by atoms with E-state index in [1.807, 2.05) is 6.07 Å². The molecule has 29 heavy (non-hydrogen) atoms. The Bertz CT molecular complexity index is 1090. The van der Waals surface area contributed by atoms with Gasteiger partial charge in [-0.15, -0.1) is 0 Å². The van der Waals surface area contributed by atoms with E-state index in [1.54, 1.807) is 44.2 Å². The van der Waals surface area contributed by atoms with Crippen LogP contribution in [-0.4, -0.2) is 19.4 Å². The van der Waals surface area contributed by atoms with Crippen LogP contribution in [-0.2, 0) is 10.0 Å². The number of anilines is 1. The van der Waals surface area contributed by atoms with Gasteiger partial charge < -0.3 is 5.32 Å². The van der Waals surface area contributed by atoms with E-state index in [-0.39, 0.29) is 39.4 Å². The lowest BCUT2D eigenvalue weighted by molar-refractivity contribution is -0.384. The highest BCUT2D eigenvalue weighted by Crippen LogP contribution is 2.50. The molecule has 0 amide bonds. The second-order valence-electron chi connectivity index (χ2n) is 7.85. The van der Waals surface area contributed by atoms with E-state index < -0.39 is 10.0 Å². The normalized spacial score (nSPS) is 22.8. The number of allylic oxidation sites excluding steroid dienone is 2. The topological polar surface area (TPSA) is 101 Å². The average Bonchev–Trinajstić information content (AvgIpc) is 3.16. The van der Waals surface area contributed by atoms with Crippen LogP contribution in [0.1, 0.15) is 43.4 Å². The van der Waals surface area contributed by atoms with Crippen LogP contribution in [0.25, 0.3) is 0 Å². The summed E-state index contributed by atoms with van der Waals surface area (Å²) in [7, 11) is -3.58. The maximum Gasteiger partial charge on any atom is 0.269 e. The van der Waals surface area contributed by atoms with Crippen LogP contribution in [0.2, 0.25) is 0 Å². The molecule has 0 spiro atoms. The molecule has 2 aliphatic rings. The van der Waals surface area contributed by atoms with E-state index in [0.29, 0.717) is 0 Å². The zero-order valence-corrected chi connectivity index (χ0v) is 17.0. The molecule has 0 saturated heterocycles. The Labute approximate surface area is 170 Å². The van der Waals surface area contributed by atoms with Gasteiger partial charge in [0.15, 0.2) is 0 Å². The van der Waals surface area contributed by atoms with Gasteiger partial charge in [-0.1, -0.05) is 24.3 Å². The number of nitrogens with zero attached hydrogens (tertiary/aromatic N) is 1. The summed E-state index contributed by atoms with van der Waals surface area (Å²) in [5.41, 5.74) is 2.73. The van der Waals surface area contributed by atoms with Crippen LogP contribution in [0.4, 0.5) is 11.4 Å². The SMILES string of the molecule is CC(C)NS(=O)(=O)c1ccc2c(c1)C1C=CCC1C(c1cccc([N+](=O)[O-])c1)N2. The van der Waals surface area contributed by atoms with Crippen LogP contribution in [0.15, 0.2) is 59.5 Å². The molecule has 7 nitrogen and oxygen atoms in total. The highest BCUT2D eigenvalue weighted by atomic mass is 32.2. The average molecular weight is 413 g/mol. The van der Waals surface area contributed by atoms with Crippen LogP contribution >= 0.6 is 0 Å². The fourth-order valence-electron chi connectivity index (χ4n) is 4.28. The third kappa shape index (κ3) is 3.65. The maximum absolute atomic E-state index is 12.6. The van der Waals surface area contributed by atoms with Gasteiger partial charge in [-0.2, -0.15) is 0 Å². The first-order valence-corrected chi connectivity index (χ1v) is 11.1. The Balaban J connectivity index is 1.73. The summed E-state index contributed by atoms with van der Waals surface area (Å²) in [6.45, 7) is 3.58. The number of hydrogen-bond donors (Lipinski definition) is 2. The van der Waals surface area contributed by atoms with Crippen molar-refractivity contribution in [3.8, 4) is 0 Å². The minimum atomic E-state index is -3.58. The lowest BCUT2D eigenvalue weighted by atomic mass is 9.77. The first-order valence-electron chi connectivity index (χ1n) is 9.60. The molecule has 152 valence electrons. The van der Waals surface area contributed by atoms with Crippen molar-refractivity contribution < 1.29 is 13.3 Å². The van der Waals surface area contributed by atoms with Gasteiger partial charge in [-0.3, -0.25) is 10.1 Å². The van der Waals surface area contributed by atoms with Gasteiger partial charge in [0, 0.05) is 29.8 Å². The number of nitro benzene ring substituents is 1. The molecule has 4 rings (SSSR count). The summed E-state index contributed by atoms with van der Waals surface area (Å²) in [6.07, 6.45) is 5.04. The van der Waals surface area contributed by atoms with Gasteiger partial charge in [-0.25, -0.2) is 13.1 Å². The summed E-state index contributed by atoms with van der Waals surface area (Å²) in [5.74, 6) is 0.227. The van der Waals surface area contributed by atoms with Gasteiger partial charge in [0.25, 0.3) is 5.69 Å². The highest BCUT2D eigenvalue weighted by molar-refractivity contribution is 7.89. The molecule has 1 heterocycles. The lowest BCUT2D eigenvalue weighted by Gasteiger charge is -2.37. The molecule has 3 unspecified atom stereocenters. The second-order valence-corrected chi connectivity index (χ2v) is 9.57. The first kappa shape index (κ1) is 19.6. The lowest BCUT2D eigenvalue weighted by Crippen LogP contribution is -2.31. The van der Waals surface area contributed by atoms with Gasteiger partial charge in [0.05, 0.1) is 15.9 Å². The van der Waals surface area contributed by atoms with E-state index in [4.69, 9.17) is 0 Å². The number of nitro groups is 1. The molecular formula is C21H23N3O4S. The number of benzene rings is 2. The first-order chi connectivity index (χ1) is 13.8. The molecule has 0 saturated carbocycles. The maximum atomic E-state index is 12.6. The predicted octanol–water partition coefficient (Wildman–Crippen LogP) is 4.11. The number of nitrogens with one attached hydrogen (secondary N) is 2. The smallest absolute Gasteiger partial charge is 0.269 e. The van der Waals surface area contributed by atoms with E-state index in [9.17, 15) is 18.5 Å². The third-order valence-corrected chi connectivity index (χ3v) is 7.13.